The monoisotopic (exact) mass is 315 g/mol. The molecule has 20 heavy (non-hydrogen) atoms. The third-order valence-corrected chi connectivity index (χ3v) is 4.27. The maximum Gasteiger partial charge on any atom is 0.221 e. The number of rotatable bonds is 8. The van der Waals surface area contributed by atoms with Gasteiger partial charge in [0.1, 0.15) is 0 Å². The molecule has 2 N–H and O–H groups in total. The van der Waals surface area contributed by atoms with Gasteiger partial charge in [0.15, 0.2) is 0 Å². The molecule has 112 valence electrons. The summed E-state index contributed by atoms with van der Waals surface area (Å²) < 4.78 is 0. The van der Waals surface area contributed by atoms with Gasteiger partial charge < -0.3 is 10.4 Å². The summed E-state index contributed by atoms with van der Waals surface area (Å²) in [4.78, 5) is 13.0. The van der Waals surface area contributed by atoms with E-state index < -0.39 is 0 Å². The molecule has 0 saturated carbocycles. The Morgan fingerprint density at radius 2 is 2.00 bits per heavy atom. The molecule has 1 rings (SSSR count). The largest absolute Gasteiger partial charge is 0.396 e. The average molecular weight is 316 g/mol. The second kappa shape index (κ2) is 9.27. The molecule has 1 unspecified atom stereocenters. The summed E-state index contributed by atoms with van der Waals surface area (Å²) in [6.07, 6.45) is 1.08. The van der Waals surface area contributed by atoms with E-state index in [1.54, 1.807) is 11.8 Å². The van der Waals surface area contributed by atoms with Gasteiger partial charge in [-0.3, -0.25) is 4.79 Å². The van der Waals surface area contributed by atoms with Crippen molar-refractivity contribution < 1.29 is 9.90 Å². The van der Waals surface area contributed by atoms with Gasteiger partial charge in [-0.25, -0.2) is 0 Å². The molecule has 0 radical (unpaired) electrons. The number of nitrogens with one attached hydrogen (secondary N) is 1. The van der Waals surface area contributed by atoms with E-state index in [1.807, 2.05) is 38.1 Å². The molecular weight excluding hydrogens is 294 g/mol. The molecule has 0 aliphatic rings. The summed E-state index contributed by atoms with van der Waals surface area (Å²) >= 11 is 7.46. The first-order chi connectivity index (χ1) is 9.52. The smallest absolute Gasteiger partial charge is 0.221 e. The Morgan fingerprint density at radius 1 is 1.35 bits per heavy atom. The molecule has 5 heteroatoms. The average Bonchev–Trinajstić information content (AvgIpc) is 2.40. The maximum absolute atomic E-state index is 11.8. The maximum atomic E-state index is 11.8. The summed E-state index contributed by atoms with van der Waals surface area (Å²) in [7, 11) is 0. The van der Waals surface area contributed by atoms with Crippen molar-refractivity contribution in [2.24, 2.45) is 5.92 Å². The van der Waals surface area contributed by atoms with Crippen LogP contribution in [0.4, 0.5) is 0 Å². The van der Waals surface area contributed by atoms with Gasteiger partial charge in [-0.05, 0) is 36.6 Å². The van der Waals surface area contributed by atoms with Crippen LogP contribution in [-0.4, -0.2) is 29.4 Å². The van der Waals surface area contributed by atoms with E-state index in [-0.39, 0.29) is 18.6 Å². The highest BCUT2D eigenvalue weighted by Gasteiger charge is 2.15. The van der Waals surface area contributed by atoms with Crippen molar-refractivity contribution in [2.45, 2.75) is 37.6 Å². The van der Waals surface area contributed by atoms with Crippen LogP contribution in [0.2, 0.25) is 5.02 Å². The molecule has 1 aromatic rings. The van der Waals surface area contributed by atoms with Crippen molar-refractivity contribution in [3.63, 3.8) is 0 Å². The fourth-order valence-electron chi connectivity index (χ4n) is 1.78. The van der Waals surface area contributed by atoms with Gasteiger partial charge in [-0.2, -0.15) is 0 Å². The van der Waals surface area contributed by atoms with E-state index in [2.05, 4.69) is 5.32 Å². The zero-order valence-electron chi connectivity index (χ0n) is 11.9. The first kappa shape index (κ1) is 17.3. The Morgan fingerprint density at radius 3 is 2.55 bits per heavy atom. The van der Waals surface area contributed by atoms with Gasteiger partial charge in [-0.1, -0.05) is 25.4 Å². The number of carbonyl (C=O) groups is 1. The van der Waals surface area contributed by atoms with Crippen molar-refractivity contribution in [2.75, 3.05) is 12.4 Å². The summed E-state index contributed by atoms with van der Waals surface area (Å²) in [5.41, 5.74) is 0. The highest BCUT2D eigenvalue weighted by Crippen LogP contribution is 2.20. The standard InChI is InChI=1S/C15H22ClNO2S/c1-11(2)14(7-9-18)17-15(19)8-10-20-13-5-3-12(16)4-6-13/h3-6,11,14,18H,7-10H2,1-2H3,(H,17,19). The van der Waals surface area contributed by atoms with Gasteiger partial charge in [0.25, 0.3) is 0 Å². The van der Waals surface area contributed by atoms with Gasteiger partial charge in [-0.15, -0.1) is 11.8 Å². The molecule has 0 heterocycles. The SMILES string of the molecule is CC(C)C(CCO)NC(=O)CCSc1ccc(Cl)cc1. The lowest BCUT2D eigenvalue weighted by Crippen LogP contribution is -2.39. The van der Waals surface area contributed by atoms with Gasteiger partial charge in [0.2, 0.25) is 5.91 Å². The molecular formula is C15H22ClNO2S. The minimum absolute atomic E-state index is 0.0404. The predicted octanol–water partition coefficient (Wildman–Crippen LogP) is 3.35. The minimum atomic E-state index is 0.0404. The number of hydrogen-bond donors (Lipinski definition) is 2. The first-order valence-electron chi connectivity index (χ1n) is 6.81. The molecule has 0 saturated heterocycles. The number of aliphatic hydroxyl groups is 1. The topological polar surface area (TPSA) is 49.3 Å². The third-order valence-electron chi connectivity index (χ3n) is 3.00. The Bertz CT molecular complexity index is 409. The van der Waals surface area contributed by atoms with E-state index in [0.717, 1.165) is 15.7 Å². The van der Waals surface area contributed by atoms with Crippen LogP contribution in [0.1, 0.15) is 26.7 Å². The number of amides is 1. The summed E-state index contributed by atoms with van der Waals surface area (Å²) in [5, 5.41) is 12.7. The molecule has 1 amide bonds. The number of benzene rings is 1. The van der Waals surface area contributed by atoms with Crippen LogP contribution in [0.5, 0.6) is 0 Å². The molecule has 0 aromatic heterocycles. The second-order valence-electron chi connectivity index (χ2n) is 4.98. The van der Waals surface area contributed by atoms with E-state index in [1.165, 1.54) is 0 Å². The van der Waals surface area contributed by atoms with Crippen molar-refractivity contribution in [3.05, 3.63) is 29.3 Å². The van der Waals surface area contributed by atoms with Crippen LogP contribution in [0.3, 0.4) is 0 Å². The van der Waals surface area contributed by atoms with Crippen LogP contribution in [-0.2, 0) is 4.79 Å². The Labute approximate surface area is 130 Å². The Balaban J connectivity index is 2.30. The molecule has 0 fully saturated rings. The van der Waals surface area contributed by atoms with Crippen LogP contribution < -0.4 is 5.32 Å². The van der Waals surface area contributed by atoms with Crippen molar-refractivity contribution >= 4 is 29.3 Å². The van der Waals surface area contributed by atoms with E-state index in [4.69, 9.17) is 16.7 Å². The van der Waals surface area contributed by atoms with Crippen LogP contribution >= 0.6 is 23.4 Å². The number of aliphatic hydroxyl groups excluding tert-OH is 1. The quantitative estimate of drug-likeness (QED) is 0.723. The lowest BCUT2D eigenvalue weighted by atomic mass is 10.0. The molecule has 0 bridgehead atoms. The Kier molecular flexibility index (Phi) is 8.04. The summed E-state index contributed by atoms with van der Waals surface area (Å²) in [6, 6.07) is 7.65. The second-order valence-corrected chi connectivity index (χ2v) is 6.59. The van der Waals surface area contributed by atoms with Crippen molar-refractivity contribution in [1.29, 1.82) is 0 Å². The van der Waals surface area contributed by atoms with E-state index in [9.17, 15) is 4.79 Å². The molecule has 3 nitrogen and oxygen atoms in total. The predicted molar refractivity (Wildman–Crippen MR) is 85.3 cm³/mol. The van der Waals surface area contributed by atoms with E-state index >= 15 is 0 Å². The van der Waals surface area contributed by atoms with Crippen LogP contribution in [0.25, 0.3) is 0 Å². The van der Waals surface area contributed by atoms with Crippen molar-refractivity contribution in [3.8, 4) is 0 Å². The highest BCUT2D eigenvalue weighted by molar-refractivity contribution is 7.99. The zero-order valence-corrected chi connectivity index (χ0v) is 13.5. The number of carbonyl (C=O) groups excluding carboxylic acids is 1. The highest BCUT2D eigenvalue weighted by atomic mass is 35.5. The molecule has 0 aliphatic heterocycles. The van der Waals surface area contributed by atoms with Crippen LogP contribution in [0, 0.1) is 5.92 Å². The fourth-order valence-corrected chi connectivity index (χ4v) is 2.76. The molecule has 1 aromatic carbocycles. The number of halogens is 1. The van der Waals surface area contributed by atoms with Gasteiger partial charge in [0.05, 0.1) is 0 Å². The molecule has 0 spiro atoms. The normalized spacial score (nSPS) is 12.4. The Hall–Kier alpha value is -0.710. The molecule has 1 atom stereocenters. The van der Waals surface area contributed by atoms with Crippen molar-refractivity contribution in [1.82, 2.24) is 5.32 Å². The lowest BCUT2D eigenvalue weighted by molar-refractivity contribution is -0.121. The van der Waals surface area contributed by atoms with Crippen LogP contribution in [0.15, 0.2) is 29.2 Å². The number of thioether (sulfide) groups is 1. The van der Waals surface area contributed by atoms with Gasteiger partial charge >= 0.3 is 0 Å². The van der Waals surface area contributed by atoms with E-state index in [0.29, 0.717) is 18.8 Å². The summed E-state index contributed by atoms with van der Waals surface area (Å²) in [5.74, 6) is 1.10. The van der Waals surface area contributed by atoms with Gasteiger partial charge in [0, 0.05) is 34.7 Å². The third kappa shape index (κ3) is 6.64. The lowest BCUT2D eigenvalue weighted by Gasteiger charge is -2.21. The zero-order chi connectivity index (χ0) is 15.0. The minimum Gasteiger partial charge on any atom is -0.396 e. The molecule has 0 aliphatic carbocycles. The summed E-state index contributed by atoms with van der Waals surface area (Å²) in [6.45, 7) is 4.19. The fraction of sp³-hybridized carbons (Fsp3) is 0.533. The number of hydrogen-bond acceptors (Lipinski definition) is 3. The first-order valence-corrected chi connectivity index (χ1v) is 8.18.